The lowest BCUT2D eigenvalue weighted by molar-refractivity contribution is -0.143. The number of phenolic OH excluding ortho intramolecular Hbond substituents is 3. The Kier molecular flexibility index (Phi) is 8.88. The normalized spacial score (nSPS) is 28.3. The zero-order valence-electron chi connectivity index (χ0n) is 29.4. The summed E-state index contributed by atoms with van der Waals surface area (Å²) in [5, 5.41) is 28.1. The summed E-state index contributed by atoms with van der Waals surface area (Å²) >= 11 is 0. The molecule has 9 rings (SSSR count). The zero-order valence-corrected chi connectivity index (χ0v) is 29.4. The van der Waals surface area contributed by atoms with Gasteiger partial charge >= 0.3 is 17.9 Å². The van der Waals surface area contributed by atoms with Crippen LogP contribution >= 0.6 is 0 Å². The second-order valence-corrected chi connectivity index (χ2v) is 14.9. The van der Waals surface area contributed by atoms with E-state index < -0.39 is 104 Å². The number of benzene rings is 3. The number of phenols is 3. The zero-order chi connectivity index (χ0) is 39.2. The summed E-state index contributed by atoms with van der Waals surface area (Å²) in [6.45, 7) is 0. The molecule has 2 unspecified atom stereocenters. The Balaban J connectivity index is 0.000000125. The lowest BCUT2D eigenvalue weighted by atomic mass is 9.94. The van der Waals surface area contributed by atoms with Gasteiger partial charge in [-0.2, -0.15) is 0 Å². The van der Waals surface area contributed by atoms with E-state index in [0.29, 0.717) is 57.8 Å². The van der Waals surface area contributed by atoms with Crippen molar-refractivity contribution in [3.63, 3.8) is 0 Å². The fourth-order valence-electron chi connectivity index (χ4n) is 9.59. The molecule has 0 heterocycles. The van der Waals surface area contributed by atoms with Crippen LogP contribution in [-0.4, -0.2) is 54.6 Å². The van der Waals surface area contributed by atoms with Crippen LogP contribution in [0.5, 0.6) is 17.2 Å². The molecule has 6 aliphatic rings. The average molecular weight is 763 g/mol. The standard InChI is InChI=1S/3C13H12F2O3/c3*1-18-12(17)7-5-13(7)3-2-6-8(14)4-9(16)11(15)10(6)13/h3*4,7,16H,2-3,5H2,1H3/t2*7-,13-;/m10./s1. The van der Waals surface area contributed by atoms with E-state index in [1.807, 2.05) is 0 Å². The van der Waals surface area contributed by atoms with Crippen molar-refractivity contribution in [3.8, 4) is 17.2 Å². The number of esters is 3. The summed E-state index contributed by atoms with van der Waals surface area (Å²) in [5.41, 5.74) is -0.587. The van der Waals surface area contributed by atoms with Gasteiger partial charge in [0.25, 0.3) is 0 Å². The highest BCUT2D eigenvalue weighted by Gasteiger charge is 2.66. The summed E-state index contributed by atoms with van der Waals surface area (Å²) in [6, 6.07) is 2.38. The van der Waals surface area contributed by atoms with E-state index in [0.717, 1.165) is 18.2 Å². The second-order valence-electron chi connectivity index (χ2n) is 14.9. The summed E-state index contributed by atoms with van der Waals surface area (Å²) in [5.74, 6) is -8.71. The van der Waals surface area contributed by atoms with Crippen LogP contribution in [0.1, 0.15) is 71.9 Å². The van der Waals surface area contributed by atoms with Gasteiger partial charge in [-0.1, -0.05) is 0 Å². The number of hydrogen-bond donors (Lipinski definition) is 3. The van der Waals surface area contributed by atoms with Crippen LogP contribution in [0.3, 0.4) is 0 Å². The topological polar surface area (TPSA) is 140 Å². The summed E-state index contributed by atoms with van der Waals surface area (Å²) in [6.07, 6.45) is 4.16. The maximum atomic E-state index is 14.0. The molecule has 3 saturated carbocycles. The van der Waals surface area contributed by atoms with Crippen molar-refractivity contribution in [2.24, 2.45) is 17.8 Å². The minimum atomic E-state index is -0.796. The third-order valence-corrected chi connectivity index (χ3v) is 12.5. The molecule has 3 fully saturated rings. The quantitative estimate of drug-likeness (QED) is 0.163. The first-order valence-corrected chi connectivity index (χ1v) is 17.4. The smallest absolute Gasteiger partial charge is 0.309 e. The van der Waals surface area contributed by atoms with E-state index in [1.165, 1.54) is 21.3 Å². The van der Waals surface area contributed by atoms with E-state index in [4.69, 9.17) is 0 Å². The van der Waals surface area contributed by atoms with Gasteiger partial charge < -0.3 is 29.5 Å². The van der Waals surface area contributed by atoms with Gasteiger partial charge in [-0.25, -0.2) is 26.3 Å². The molecule has 288 valence electrons. The number of halogens is 6. The van der Waals surface area contributed by atoms with Gasteiger partial charge in [-0.05, 0) is 74.5 Å². The molecular formula is C39H36F6O9. The number of carbonyl (C=O) groups is 3. The van der Waals surface area contributed by atoms with Crippen LogP contribution in [0.25, 0.3) is 0 Å². The Labute approximate surface area is 304 Å². The van der Waals surface area contributed by atoms with Gasteiger partial charge in [0.05, 0.1) is 39.1 Å². The molecule has 0 aromatic heterocycles. The molecule has 0 radical (unpaired) electrons. The fourth-order valence-corrected chi connectivity index (χ4v) is 9.59. The predicted octanol–water partition coefficient (Wildman–Crippen LogP) is 6.14. The lowest BCUT2D eigenvalue weighted by Gasteiger charge is -2.12. The maximum absolute atomic E-state index is 14.0. The number of fused-ring (bicyclic) bond motifs is 6. The molecule has 0 aliphatic heterocycles. The van der Waals surface area contributed by atoms with Crippen molar-refractivity contribution in [3.05, 3.63) is 86.5 Å². The molecule has 54 heavy (non-hydrogen) atoms. The number of methoxy groups -OCH3 is 3. The van der Waals surface area contributed by atoms with Crippen LogP contribution < -0.4 is 0 Å². The maximum Gasteiger partial charge on any atom is 0.309 e. The molecular weight excluding hydrogens is 726 g/mol. The molecule has 0 amide bonds. The van der Waals surface area contributed by atoms with Gasteiger partial charge in [-0.3, -0.25) is 14.4 Å². The number of carbonyl (C=O) groups excluding carboxylic acids is 3. The highest BCUT2D eigenvalue weighted by atomic mass is 19.1. The van der Waals surface area contributed by atoms with Gasteiger partial charge in [0.15, 0.2) is 34.7 Å². The highest BCUT2D eigenvalue weighted by molar-refractivity contribution is 5.81. The molecule has 3 spiro atoms. The monoisotopic (exact) mass is 762 g/mol. The molecule has 3 N–H and O–H groups in total. The Morgan fingerprint density at radius 2 is 0.759 bits per heavy atom. The van der Waals surface area contributed by atoms with E-state index in [-0.39, 0.29) is 33.4 Å². The highest BCUT2D eigenvalue weighted by Crippen LogP contribution is 2.65. The van der Waals surface area contributed by atoms with E-state index >= 15 is 0 Å². The van der Waals surface area contributed by atoms with Crippen LogP contribution in [0.4, 0.5) is 26.3 Å². The first-order chi connectivity index (χ1) is 25.5. The van der Waals surface area contributed by atoms with Crippen molar-refractivity contribution in [1.82, 2.24) is 0 Å². The van der Waals surface area contributed by atoms with E-state index in [1.54, 1.807) is 0 Å². The fraction of sp³-hybridized carbons (Fsp3) is 0.462. The molecule has 0 bridgehead atoms. The average Bonchev–Trinajstić information content (AvgIpc) is 4.05. The first-order valence-electron chi connectivity index (χ1n) is 17.4. The van der Waals surface area contributed by atoms with Gasteiger partial charge in [0.1, 0.15) is 17.5 Å². The van der Waals surface area contributed by atoms with Crippen molar-refractivity contribution in [2.45, 2.75) is 74.0 Å². The summed E-state index contributed by atoms with van der Waals surface area (Å²) in [7, 11) is 3.84. The number of rotatable bonds is 3. The van der Waals surface area contributed by atoms with Crippen molar-refractivity contribution in [2.75, 3.05) is 21.3 Å². The van der Waals surface area contributed by atoms with Crippen LogP contribution in [0, 0.1) is 52.7 Å². The summed E-state index contributed by atoms with van der Waals surface area (Å²) in [4.78, 5) is 34.6. The lowest BCUT2D eigenvalue weighted by Crippen LogP contribution is -2.15. The molecule has 6 aliphatic carbocycles. The van der Waals surface area contributed by atoms with E-state index in [2.05, 4.69) is 14.2 Å². The number of hydrogen-bond acceptors (Lipinski definition) is 9. The third-order valence-electron chi connectivity index (χ3n) is 12.5. The van der Waals surface area contributed by atoms with Crippen molar-refractivity contribution in [1.29, 1.82) is 0 Å². The molecule has 6 atom stereocenters. The van der Waals surface area contributed by atoms with Gasteiger partial charge in [-0.15, -0.1) is 0 Å². The van der Waals surface area contributed by atoms with Crippen molar-refractivity contribution >= 4 is 17.9 Å². The van der Waals surface area contributed by atoms with Crippen LogP contribution in [0.15, 0.2) is 18.2 Å². The molecule has 3 aromatic rings. The van der Waals surface area contributed by atoms with E-state index in [9.17, 15) is 56.0 Å². The Bertz CT molecular complexity index is 1900. The number of ether oxygens (including phenoxy) is 3. The SMILES string of the molecule is COC(=O)C1CC12CCc1c(F)cc(O)c(F)c12.COC(=O)[C@@H]1C[C@@]12CCc1c(F)cc(O)c(F)c12.COC(=O)[C@H]1C[C@]12CCc1c(F)cc(O)c(F)c12. The molecule has 9 nitrogen and oxygen atoms in total. The minimum Gasteiger partial charge on any atom is -0.505 e. The summed E-state index contributed by atoms with van der Waals surface area (Å²) < 4.78 is 97.0. The minimum absolute atomic E-state index is 0.176. The third kappa shape index (κ3) is 5.39. The molecule has 15 heteroatoms. The van der Waals surface area contributed by atoms with Gasteiger partial charge in [0.2, 0.25) is 0 Å². The predicted molar refractivity (Wildman–Crippen MR) is 174 cm³/mol. The number of aromatic hydroxyl groups is 3. The van der Waals surface area contributed by atoms with Gasteiger partial charge in [0, 0.05) is 51.1 Å². The Morgan fingerprint density at radius 3 is 0.981 bits per heavy atom. The van der Waals surface area contributed by atoms with Crippen LogP contribution in [-0.2, 0) is 64.1 Å². The van der Waals surface area contributed by atoms with Crippen LogP contribution in [0.2, 0.25) is 0 Å². The Hall–Kier alpha value is -4.95. The van der Waals surface area contributed by atoms with Crippen molar-refractivity contribution < 1.29 is 70.3 Å². The second kappa shape index (κ2) is 12.8. The molecule has 0 saturated heterocycles. The largest absolute Gasteiger partial charge is 0.505 e. The Morgan fingerprint density at radius 1 is 0.519 bits per heavy atom. The first kappa shape index (κ1) is 37.4. The molecule has 3 aromatic carbocycles.